The molecule has 2 atom stereocenters. The molecule has 2 aromatic carbocycles. The molecule has 0 bridgehead atoms. The fraction of sp³-hybridized carbons (Fsp3) is 0.357. The highest BCUT2D eigenvalue weighted by atomic mass is 16.2. The predicted octanol–water partition coefficient (Wildman–Crippen LogP) is 3.53. The summed E-state index contributed by atoms with van der Waals surface area (Å²) >= 11 is 0. The molecule has 3 amide bonds. The van der Waals surface area contributed by atoms with Crippen LogP contribution in [0.15, 0.2) is 67.0 Å². The Bertz CT molecular complexity index is 1240. The molecule has 3 aromatic rings. The van der Waals surface area contributed by atoms with Crippen LogP contribution in [0.3, 0.4) is 0 Å². The summed E-state index contributed by atoms with van der Waals surface area (Å²) in [7, 11) is 0. The highest BCUT2D eigenvalue weighted by Crippen LogP contribution is 2.36. The number of anilines is 2. The fourth-order valence-electron chi connectivity index (χ4n) is 5.33. The molecule has 186 valence electrons. The number of fused-ring (bicyclic) bond motifs is 1. The van der Waals surface area contributed by atoms with E-state index in [9.17, 15) is 14.4 Å². The second-order valence-electron chi connectivity index (χ2n) is 9.54. The number of nitrogens with one attached hydrogen (secondary N) is 2. The van der Waals surface area contributed by atoms with Gasteiger partial charge in [-0.25, -0.2) is 0 Å². The first kappa shape index (κ1) is 23.8. The third-order valence-corrected chi connectivity index (χ3v) is 7.12. The summed E-state index contributed by atoms with van der Waals surface area (Å²) in [4.78, 5) is 40.9. The summed E-state index contributed by atoms with van der Waals surface area (Å²) in [6, 6.07) is 17.2. The Hall–Kier alpha value is -3.94. The zero-order valence-electron chi connectivity index (χ0n) is 20.2. The third-order valence-electron chi connectivity index (χ3n) is 7.12. The third kappa shape index (κ3) is 5.32. The molecule has 8 heteroatoms. The molecule has 2 aliphatic rings. The summed E-state index contributed by atoms with van der Waals surface area (Å²) in [6.45, 7) is 1.15. The number of hydrogen-bond donors (Lipinski definition) is 2. The first-order valence-electron chi connectivity index (χ1n) is 12.6. The van der Waals surface area contributed by atoms with Crippen molar-refractivity contribution in [1.29, 1.82) is 0 Å². The maximum absolute atomic E-state index is 13.5. The Balaban J connectivity index is 1.19. The van der Waals surface area contributed by atoms with Crippen LogP contribution >= 0.6 is 0 Å². The van der Waals surface area contributed by atoms with Crippen molar-refractivity contribution in [3.8, 4) is 0 Å². The number of hydrogen-bond acceptors (Lipinski definition) is 4. The van der Waals surface area contributed by atoms with Gasteiger partial charge in [0.2, 0.25) is 17.7 Å². The van der Waals surface area contributed by atoms with Crippen LogP contribution in [0, 0.1) is 11.8 Å². The Morgan fingerprint density at radius 1 is 0.972 bits per heavy atom. The van der Waals surface area contributed by atoms with E-state index < -0.39 is 0 Å². The predicted molar refractivity (Wildman–Crippen MR) is 137 cm³/mol. The highest BCUT2D eigenvalue weighted by molar-refractivity contribution is 5.99. The Morgan fingerprint density at radius 2 is 1.81 bits per heavy atom. The van der Waals surface area contributed by atoms with E-state index >= 15 is 0 Å². The number of amides is 3. The van der Waals surface area contributed by atoms with E-state index in [1.54, 1.807) is 23.1 Å². The molecule has 1 aliphatic heterocycles. The van der Waals surface area contributed by atoms with Gasteiger partial charge in [-0.2, -0.15) is 5.10 Å². The van der Waals surface area contributed by atoms with Gasteiger partial charge in [0.1, 0.15) is 6.54 Å². The number of nitrogens with zero attached hydrogens (tertiary/aromatic N) is 3. The second-order valence-corrected chi connectivity index (χ2v) is 9.54. The number of carbonyl (C=O) groups excluding carboxylic acids is 3. The standard InChI is InChI=1S/C28H31N5O3/c34-26(19-32-15-6-14-30-32)31-22-9-5-7-20(17-22)18-29-27(35)23-10-2-3-11-24(23)28(36)33-16-13-21-8-1-4-12-25(21)33/h1,4-9,12,14-15,17,23-24H,2-3,10-11,13,16,18-19H2,(H,29,35)(H,31,34). The summed E-state index contributed by atoms with van der Waals surface area (Å²) in [5, 5.41) is 9.96. The summed E-state index contributed by atoms with van der Waals surface area (Å²) < 4.78 is 1.56. The van der Waals surface area contributed by atoms with E-state index in [1.807, 2.05) is 47.4 Å². The zero-order chi connectivity index (χ0) is 24.9. The normalized spacial score (nSPS) is 18.9. The van der Waals surface area contributed by atoms with Gasteiger partial charge in [-0.3, -0.25) is 19.1 Å². The number of rotatable bonds is 7. The highest BCUT2D eigenvalue weighted by Gasteiger charge is 2.39. The van der Waals surface area contributed by atoms with Crippen LogP contribution < -0.4 is 15.5 Å². The second kappa shape index (κ2) is 10.8. The van der Waals surface area contributed by atoms with E-state index in [0.29, 0.717) is 18.8 Å². The van der Waals surface area contributed by atoms with E-state index in [-0.39, 0.29) is 36.1 Å². The number of para-hydroxylation sites is 1. The van der Waals surface area contributed by atoms with Crippen LogP contribution in [0.2, 0.25) is 0 Å². The first-order chi connectivity index (χ1) is 17.6. The zero-order valence-corrected chi connectivity index (χ0v) is 20.2. The van der Waals surface area contributed by atoms with Gasteiger partial charge in [0.05, 0.1) is 5.92 Å². The van der Waals surface area contributed by atoms with Crippen molar-refractivity contribution < 1.29 is 14.4 Å². The smallest absolute Gasteiger partial charge is 0.246 e. The molecule has 2 heterocycles. The average Bonchev–Trinajstić information content (AvgIpc) is 3.57. The molecule has 8 nitrogen and oxygen atoms in total. The van der Waals surface area contributed by atoms with Crippen molar-refractivity contribution >= 4 is 29.1 Å². The lowest BCUT2D eigenvalue weighted by molar-refractivity contribution is -0.135. The molecular weight excluding hydrogens is 454 g/mol. The minimum Gasteiger partial charge on any atom is -0.352 e. The van der Waals surface area contributed by atoms with Crippen molar-refractivity contribution in [3.63, 3.8) is 0 Å². The largest absolute Gasteiger partial charge is 0.352 e. The average molecular weight is 486 g/mol. The van der Waals surface area contributed by atoms with Crippen LogP contribution in [-0.4, -0.2) is 34.0 Å². The summed E-state index contributed by atoms with van der Waals surface area (Å²) in [6.07, 6.45) is 7.61. The van der Waals surface area contributed by atoms with Crippen LogP contribution in [0.25, 0.3) is 0 Å². The van der Waals surface area contributed by atoms with E-state index in [4.69, 9.17) is 0 Å². The van der Waals surface area contributed by atoms with Gasteiger partial charge >= 0.3 is 0 Å². The van der Waals surface area contributed by atoms with Crippen molar-refractivity contribution in [3.05, 3.63) is 78.1 Å². The van der Waals surface area contributed by atoms with Crippen molar-refractivity contribution in [2.24, 2.45) is 11.8 Å². The SMILES string of the molecule is O=C(Cn1cccn1)Nc1cccc(CNC(=O)C2CCCCC2C(=O)N2CCc3ccccc32)c1. The van der Waals surface area contributed by atoms with Gasteiger partial charge in [-0.15, -0.1) is 0 Å². The van der Waals surface area contributed by atoms with Gasteiger partial charge < -0.3 is 15.5 Å². The monoisotopic (exact) mass is 485 g/mol. The van der Waals surface area contributed by atoms with E-state index in [0.717, 1.165) is 43.4 Å². The maximum atomic E-state index is 13.5. The van der Waals surface area contributed by atoms with Crippen LogP contribution in [0.1, 0.15) is 36.8 Å². The maximum Gasteiger partial charge on any atom is 0.246 e. The Labute approximate surface area is 210 Å². The van der Waals surface area contributed by atoms with Crippen molar-refractivity contribution in [2.45, 2.75) is 45.2 Å². The molecule has 1 saturated carbocycles. The fourth-order valence-corrected chi connectivity index (χ4v) is 5.33. The summed E-state index contributed by atoms with van der Waals surface area (Å²) in [5.74, 6) is -0.795. The minimum atomic E-state index is -0.323. The minimum absolute atomic E-state index is 0.0710. The Morgan fingerprint density at radius 3 is 2.64 bits per heavy atom. The number of carbonyl (C=O) groups is 3. The lowest BCUT2D eigenvalue weighted by Crippen LogP contribution is -2.45. The van der Waals surface area contributed by atoms with Crippen LogP contribution in [-0.2, 0) is 33.9 Å². The molecule has 2 unspecified atom stereocenters. The molecule has 0 saturated heterocycles. The number of benzene rings is 2. The van der Waals surface area contributed by atoms with Gasteiger partial charge in [0.15, 0.2) is 0 Å². The van der Waals surface area contributed by atoms with Crippen LogP contribution in [0.5, 0.6) is 0 Å². The summed E-state index contributed by atoms with van der Waals surface area (Å²) in [5.41, 5.74) is 3.72. The van der Waals surface area contributed by atoms with Crippen molar-refractivity contribution in [1.82, 2.24) is 15.1 Å². The molecule has 0 radical (unpaired) electrons. The van der Waals surface area contributed by atoms with Gasteiger partial charge in [0, 0.05) is 42.8 Å². The molecule has 2 N–H and O–H groups in total. The van der Waals surface area contributed by atoms with E-state index in [2.05, 4.69) is 21.8 Å². The topological polar surface area (TPSA) is 96.3 Å². The molecule has 36 heavy (non-hydrogen) atoms. The molecule has 1 fully saturated rings. The number of aromatic nitrogens is 2. The molecule has 5 rings (SSSR count). The molecular formula is C28H31N5O3. The van der Waals surface area contributed by atoms with Gasteiger partial charge in [-0.1, -0.05) is 43.2 Å². The molecule has 0 spiro atoms. The quantitative estimate of drug-likeness (QED) is 0.535. The van der Waals surface area contributed by atoms with Gasteiger partial charge in [-0.05, 0) is 54.7 Å². The lowest BCUT2D eigenvalue weighted by atomic mass is 9.77. The van der Waals surface area contributed by atoms with E-state index in [1.165, 1.54) is 5.56 Å². The molecule has 1 aromatic heterocycles. The van der Waals surface area contributed by atoms with Gasteiger partial charge in [0.25, 0.3) is 0 Å². The van der Waals surface area contributed by atoms with Crippen molar-refractivity contribution in [2.75, 3.05) is 16.8 Å². The lowest BCUT2D eigenvalue weighted by Gasteiger charge is -2.32. The Kier molecular flexibility index (Phi) is 7.11. The van der Waals surface area contributed by atoms with Crippen LogP contribution in [0.4, 0.5) is 11.4 Å². The molecule has 1 aliphatic carbocycles. The first-order valence-corrected chi connectivity index (χ1v) is 12.6.